The van der Waals surface area contributed by atoms with Crippen molar-refractivity contribution in [2.75, 3.05) is 13.7 Å². The number of amides is 3. The van der Waals surface area contributed by atoms with E-state index >= 15 is 0 Å². The van der Waals surface area contributed by atoms with Gasteiger partial charge in [-0.3, -0.25) is 14.6 Å². The number of pyridine rings is 1. The first kappa shape index (κ1) is 38.1. The number of rotatable bonds is 12. The topological polar surface area (TPSA) is 149 Å². The van der Waals surface area contributed by atoms with Gasteiger partial charge in [0.1, 0.15) is 17.7 Å². The molecular formula is C45H52N8O4. The van der Waals surface area contributed by atoms with Crippen LogP contribution in [0.3, 0.4) is 0 Å². The zero-order valence-corrected chi connectivity index (χ0v) is 33.3. The molecule has 1 aliphatic heterocycles. The van der Waals surface area contributed by atoms with E-state index in [2.05, 4.69) is 82.6 Å². The van der Waals surface area contributed by atoms with Gasteiger partial charge in [-0.1, -0.05) is 68.4 Å². The number of nitrogens with zero attached hydrogens (tertiary/aromatic N) is 5. The van der Waals surface area contributed by atoms with Gasteiger partial charge in [0.15, 0.2) is 0 Å². The van der Waals surface area contributed by atoms with Gasteiger partial charge in [0.25, 0.3) is 0 Å². The highest BCUT2D eigenvalue weighted by molar-refractivity contribution is 5.86. The van der Waals surface area contributed by atoms with Crippen molar-refractivity contribution in [2.24, 2.45) is 23.7 Å². The lowest BCUT2D eigenvalue weighted by Crippen LogP contribution is -2.59. The summed E-state index contributed by atoms with van der Waals surface area (Å²) in [6.45, 7) is 9.17. The van der Waals surface area contributed by atoms with E-state index < -0.39 is 12.1 Å². The largest absolute Gasteiger partial charge is 0.453 e. The van der Waals surface area contributed by atoms with Crippen molar-refractivity contribution in [1.82, 2.24) is 40.0 Å². The normalized spacial score (nSPS) is 21.7. The maximum Gasteiger partial charge on any atom is 0.407 e. The average molecular weight is 769 g/mol. The van der Waals surface area contributed by atoms with E-state index in [0.29, 0.717) is 24.9 Å². The molecule has 4 heterocycles. The zero-order valence-electron chi connectivity index (χ0n) is 33.3. The van der Waals surface area contributed by atoms with Crippen LogP contribution in [0.4, 0.5) is 4.79 Å². The molecule has 0 spiro atoms. The van der Waals surface area contributed by atoms with Crippen LogP contribution in [-0.2, 0) is 20.9 Å². The van der Waals surface area contributed by atoms with E-state index in [0.717, 1.165) is 76.5 Å². The number of H-pyrrole nitrogens is 2. The number of carbonyl (C=O) groups excluding carboxylic acids is 3. The maximum absolute atomic E-state index is 14.1. The molecule has 3 amide bonds. The summed E-state index contributed by atoms with van der Waals surface area (Å²) in [4.78, 5) is 64.3. The molecule has 2 aromatic carbocycles. The Morgan fingerprint density at radius 3 is 2.00 bits per heavy atom. The molecule has 12 heteroatoms. The molecule has 3 N–H and O–H groups in total. The number of carbonyl (C=O) groups is 3. The van der Waals surface area contributed by atoms with Gasteiger partial charge < -0.3 is 29.8 Å². The first-order valence-corrected chi connectivity index (χ1v) is 20.3. The molecule has 8 rings (SSSR count). The number of aromatic nitrogens is 5. The number of hydrogen-bond donors (Lipinski definition) is 3. The monoisotopic (exact) mass is 768 g/mol. The number of methoxy groups -OCH3 is 1. The standard InChI is InChI=1S/C45H52N8O4/c1-26(2)40(51-45(56)57-5)44(55)52-21-7-9-37(52)41-47-23-35(49-41)31-14-10-29(11-15-31)30-12-16-32(17-13-30)36-24-48-42(50-36)38-33-18-19-34(33)39(38)43(54)53(27(3)4)25-28-8-6-20-46-22-28/h6,8,10-17,20,22-24,26-27,33-34,37-40H,7,9,18-19,21,25H2,1-5H3,(H,47,49)(H,48,50)(H,51,56)/t33-,34?,37-,38+,39+,40-/m0/s1. The van der Waals surface area contributed by atoms with Crippen LogP contribution in [0.25, 0.3) is 33.6 Å². The molecule has 2 saturated carbocycles. The number of imidazole rings is 2. The van der Waals surface area contributed by atoms with Gasteiger partial charge in [-0.25, -0.2) is 14.8 Å². The molecule has 0 bridgehead atoms. The van der Waals surface area contributed by atoms with Gasteiger partial charge in [-0.15, -0.1) is 0 Å². The lowest BCUT2D eigenvalue weighted by molar-refractivity contribution is -0.159. The average Bonchev–Trinajstić information content (AvgIpc) is 4.01. The summed E-state index contributed by atoms with van der Waals surface area (Å²) in [5.74, 6) is 2.64. The lowest BCUT2D eigenvalue weighted by atomic mass is 9.46. The van der Waals surface area contributed by atoms with Gasteiger partial charge >= 0.3 is 6.09 Å². The van der Waals surface area contributed by atoms with Crippen molar-refractivity contribution in [3.8, 4) is 33.6 Å². The quantitative estimate of drug-likeness (QED) is 0.118. The van der Waals surface area contributed by atoms with Gasteiger partial charge in [0.2, 0.25) is 11.8 Å². The third-order valence-corrected chi connectivity index (χ3v) is 12.4. The van der Waals surface area contributed by atoms with Crippen molar-refractivity contribution in [3.63, 3.8) is 0 Å². The fraction of sp³-hybridized carbons (Fsp3) is 0.422. The van der Waals surface area contributed by atoms with Crippen LogP contribution in [0.15, 0.2) is 85.5 Å². The molecule has 57 heavy (non-hydrogen) atoms. The highest BCUT2D eigenvalue weighted by Crippen LogP contribution is 2.62. The number of ether oxygens (including phenoxy) is 1. The number of aromatic amines is 2. The Morgan fingerprint density at radius 1 is 0.825 bits per heavy atom. The third kappa shape index (κ3) is 7.45. The Balaban J connectivity index is 0.923. The summed E-state index contributed by atoms with van der Waals surface area (Å²) in [6.07, 6.45) is 10.6. The molecular weight excluding hydrogens is 717 g/mol. The number of nitrogens with one attached hydrogen (secondary N) is 3. The minimum atomic E-state index is -0.677. The molecule has 3 aliphatic rings. The second-order valence-corrected chi connectivity index (χ2v) is 16.4. The molecule has 0 radical (unpaired) electrons. The predicted octanol–water partition coefficient (Wildman–Crippen LogP) is 7.75. The first-order chi connectivity index (χ1) is 27.6. The van der Waals surface area contributed by atoms with Crippen LogP contribution < -0.4 is 5.32 Å². The summed E-state index contributed by atoms with van der Waals surface area (Å²) in [6, 6.07) is 20.0. The van der Waals surface area contributed by atoms with Gasteiger partial charge in [-0.05, 0) is 91.2 Å². The second-order valence-electron chi connectivity index (χ2n) is 16.4. The summed E-state index contributed by atoms with van der Waals surface area (Å²) in [5, 5.41) is 2.71. The Bertz CT molecular complexity index is 2200. The Morgan fingerprint density at radius 2 is 1.44 bits per heavy atom. The van der Waals surface area contributed by atoms with Crippen LogP contribution in [0, 0.1) is 23.7 Å². The Kier molecular flexibility index (Phi) is 10.7. The van der Waals surface area contributed by atoms with E-state index in [-0.39, 0.29) is 41.7 Å². The van der Waals surface area contributed by atoms with Gasteiger partial charge in [0.05, 0.1) is 42.9 Å². The molecule has 1 unspecified atom stereocenters. The van der Waals surface area contributed by atoms with E-state index in [4.69, 9.17) is 14.7 Å². The molecule has 296 valence electrons. The van der Waals surface area contributed by atoms with E-state index in [9.17, 15) is 14.4 Å². The number of likely N-dealkylation sites (tertiary alicyclic amines) is 1. The maximum atomic E-state index is 14.1. The van der Waals surface area contributed by atoms with Crippen LogP contribution in [0.2, 0.25) is 0 Å². The molecule has 1 saturated heterocycles. The summed E-state index contributed by atoms with van der Waals surface area (Å²) in [7, 11) is 1.30. The Hall–Kier alpha value is -5.78. The van der Waals surface area contributed by atoms with Crippen LogP contribution >= 0.6 is 0 Å². The zero-order chi connectivity index (χ0) is 39.8. The SMILES string of the molecule is COC(=O)N[C@H](C(=O)N1CCC[C@H]1c1ncc(-c2ccc(-c3ccc(-c4cnc([C@H]5[C@H](C(=O)N(Cc6cccnc6)C(C)C)C6CC[C@@H]65)[nH]4)cc3)cc2)[nH]1)C(C)C. The number of alkyl carbamates (subject to hydrolysis) is 1. The van der Waals surface area contributed by atoms with E-state index in [1.807, 2.05) is 54.4 Å². The Labute approximate surface area is 333 Å². The third-order valence-electron chi connectivity index (χ3n) is 12.4. The molecule has 5 aromatic rings. The minimum absolute atomic E-state index is 0.0542. The smallest absolute Gasteiger partial charge is 0.407 e. The van der Waals surface area contributed by atoms with Crippen LogP contribution in [-0.4, -0.2) is 78.4 Å². The highest BCUT2D eigenvalue weighted by atomic mass is 16.5. The van der Waals surface area contributed by atoms with Crippen molar-refractivity contribution in [2.45, 2.75) is 84.0 Å². The van der Waals surface area contributed by atoms with Crippen molar-refractivity contribution in [3.05, 3.63) is 103 Å². The fourth-order valence-electron chi connectivity index (χ4n) is 9.12. The van der Waals surface area contributed by atoms with Crippen molar-refractivity contribution >= 4 is 17.9 Å². The predicted molar refractivity (Wildman–Crippen MR) is 217 cm³/mol. The lowest BCUT2D eigenvalue weighted by Gasteiger charge is -2.58. The molecule has 3 fully saturated rings. The van der Waals surface area contributed by atoms with Crippen LogP contribution in [0.1, 0.15) is 82.6 Å². The second kappa shape index (κ2) is 16.0. The van der Waals surface area contributed by atoms with Gasteiger partial charge in [0, 0.05) is 37.4 Å². The number of fused-ring (bicyclic) bond motifs is 1. The summed E-state index contributed by atoms with van der Waals surface area (Å²) >= 11 is 0. The van der Waals surface area contributed by atoms with Crippen LogP contribution in [0.5, 0.6) is 0 Å². The summed E-state index contributed by atoms with van der Waals surface area (Å²) < 4.78 is 4.77. The fourth-order valence-corrected chi connectivity index (χ4v) is 9.12. The first-order valence-electron chi connectivity index (χ1n) is 20.3. The van der Waals surface area contributed by atoms with E-state index in [1.54, 1.807) is 6.20 Å². The summed E-state index contributed by atoms with van der Waals surface area (Å²) in [5.41, 5.74) is 7.11. The van der Waals surface area contributed by atoms with Crippen molar-refractivity contribution in [1.29, 1.82) is 0 Å². The minimum Gasteiger partial charge on any atom is -0.453 e. The molecule has 2 aliphatic carbocycles. The number of hydrogen-bond acceptors (Lipinski definition) is 7. The number of benzene rings is 2. The van der Waals surface area contributed by atoms with Crippen molar-refractivity contribution < 1.29 is 19.1 Å². The molecule has 12 nitrogen and oxygen atoms in total. The highest BCUT2D eigenvalue weighted by Gasteiger charge is 2.60. The molecule has 6 atom stereocenters. The van der Waals surface area contributed by atoms with Gasteiger partial charge in [-0.2, -0.15) is 0 Å². The molecule has 3 aromatic heterocycles. The van der Waals surface area contributed by atoms with E-state index in [1.165, 1.54) is 7.11 Å².